The minimum atomic E-state index is -1.22. The van der Waals surface area contributed by atoms with Gasteiger partial charge in [0.1, 0.15) is 11.9 Å². The first kappa shape index (κ1) is 24.4. The van der Waals surface area contributed by atoms with Crippen molar-refractivity contribution in [3.8, 4) is 0 Å². The summed E-state index contributed by atoms with van der Waals surface area (Å²) in [4.78, 5) is 26.0. The number of benzene rings is 1. The van der Waals surface area contributed by atoms with Crippen molar-refractivity contribution in [1.82, 2.24) is 0 Å². The van der Waals surface area contributed by atoms with Crippen LogP contribution in [0.15, 0.2) is 48.6 Å². The lowest BCUT2D eigenvalue weighted by Crippen LogP contribution is -2.63. The minimum Gasteiger partial charge on any atom is -0.455 e. The van der Waals surface area contributed by atoms with Crippen molar-refractivity contribution in [3.63, 3.8) is 0 Å². The maximum atomic E-state index is 13.2. The van der Waals surface area contributed by atoms with E-state index in [9.17, 15) is 24.9 Å². The quantitative estimate of drug-likeness (QED) is 0.348. The molecule has 6 heteroatoms. The minimum absolute atomic E-state index is 0.0153. The molecule has 0 aliphatic heterocycles. The van der Waals surface area contributed by atoms with Gasteiger partial charge in [-0.2, -0.15) is 0 Å². The van der Waals surface area contributed by atoms with Gasteiger partial charge in [-0.05, 0) is 41.4 Å². The summed E-state index contributed by atoms with van der Waals surface area (Å²) in [5.41, 5.74) is -2.50. The van der Waals surface area contributed by atoms with Crippen LogP contribution in [0.1, 0.15) is 52.5 Å². The van der Waals surface area contributed by atoms with Gasteiger partial charge < -0.3 is 20.1 Å². The van der Waals surface area contributed by atoms with Crippen molar-refractivity contribution in [3.05, 3.63) is 54.1 Å². The Kier molecular flexibility index (Phi) is 5.31. The highest BCUT2D eigenvalue weighted by Gasteiger charge is 2.89. The molecule has 0 unspecified atom stereocenters. The van der Waals surface area contributed by atoms with Crippen LogP contribution in [0.2, 0.25) is 0 Å². The monoisotopic (exact) mass is 480 g/mol. The zero-order valence-corrected chi connectivity index (χ0v) is 20.9. The Balaban J connectivity index is 1.58. The highest BCUT2D eigenvalue weighted by Crippen LogP contribution is 2.85. The Labute approximate surface area is 206 Å². The number of fused-ring (bicyclic) bond motifs is 1. The molecule has 4 fully saturated rings. The fraction of sp³-hybridized carbons (Fsp3) is 0.586. The molecule has 2 spiro atoms. The van der Waals surface area contributed by atoms with Crippen LogP contribution in [0.4, 0.5) is 0 Å². The third-order valence-corrected chi connectivity index (χ3v) is 10.7. The first-order valence-corrected chi connectivity index (χ1v) is 12.6. The molecule has 9 atom stereocenters. The molecule has 0 amide bonds. The topological polar surface area (TPSA) is 104 Å². The van der Waals surface area contributed by atoms with E-state index >= 15 is 0 Å². The van der Waals surface area contributed by atoms with E-state index in [0.29, 0.717) is 18.4 Å². The van der Waals surface area contributed by atoms with Gasteiger partial charge in [-0.1, -0.05) is 64.6 Å². The molecule has 1 aromatic rings. The summed E-state index contributed by atoms with van der Waals surface area (Å²) < 4.78 is 5.89. The molecular weight excluding hydrogens is 444 g/mol. The van der Waals surface area contributed by atoms with Crippen molar-refractivity contribution in [2.75, 3.05) is 0 Å². The summed E-state index contributed by atoms with van der Waals surface area (Å²) in [6.45, 7) is 12.1. The zero-order valence-electron chi connectivity index (χ0n) is 20.9. The van der Waals surface area contributed by atoms with E-state index < -0.39 is 63.9 Å². The number of hydrogen-bond donors (Lipinski definition) is 3. The van der Waals surface area contributed by atoms with Gasteiger partial charge in [0, 0.05) is 34.7 Å². The first-order valence-electron chi connectivity index (χ1n) is 12.6. The Bertz CT molecular complexity index is 1110. The summed E-state index contributed by atoms with van der Waals surface area (Å²) in [5.74, 6) is -1.52. The summed E-state index contributed by atoms with van der Waals surface area (Å²) in [6, 6.07) is 9.43. The van der Waals surface area contributed by atoms with Crippen molar-refractivity contribution >= 4 is 17.8 Å². The number of aliphatic hydroxyl groups is 3. The van der Waals surface area contributed by atoms with Crippen LogP contribution in [0.5, 0.6) is 0 Å². The number of hydrogen-bond acceptors (Lipinski definition) is 6. The predicted molar refractivity (Wildman–Crippen MR) is 131 cm³/mol. The van der Waals surface area contributed by atoms with Crippen molar-refractivity contribution in [1.29, 1.82) is 0 Å². The fourth-order valence-electron chi connectivity index (χ4n) is 9.25. The third kappa shape index (κ3) is 2.60. The van der Waals surface area contributed by atoms with Crippen LogP contribution >= 0.6 is 0 Å². The van der Waals surface area contributed by atoms with Crippen LogP contribution in [0.25, 0.3) is 6.08 Å². The van der Waals surface area contributed by atoms with Crippen molar-refractivity contribution in [2.45, 2.75) is 71.4 Å². The highest BCUT2D eigenvalue weighted by molar-refractivity contribution is 5.87. The molecule has 3 N–H and O–H groups in total. The lowest BCUT2D eigenvalue weighted by Gasteiger charge is -2.60. The van der Waals surface area contributed by atoms with Gasteiger partial charge in [0.05, 0.1) is 18.3 Å². The second-order valence-electron chi connectivity index (χ2n) is 11.9. The second-order valence-corrected chi connectivity index (χ2v) is 11.9. The number of rotatable bonds is 3. The summed E-state index contributed by atoms with van der Waals surface area (Å²) in [6.07, 6.45) is 0.0612. The Hall–Kier alpha value is -2.28. The summed E-state index contributed by atoms with van der Waals surface area (Å²) in [7, 11) is 0. The van der Waals surface area contributed by atoms with E-state index in [4.69, 9.17) is 4.74 Å². The van der Waals surface area contributed by atoms with Crippen molar-refractivity contribution in [2.24, 2.45) is 33.5 Å². The molecular formula is C29H36O6. The normalized spacial score (nSPS) is 45.9. The predicted octanol–water partition coefficient (Wildman–Crippen LogP) is 3.30. The molecule has 0 radical (unpaired) electrons. The number of ketones is 1. The number of esters is 1. The average Bonchev–Trinajstić information content (AvgIpc) is 3.04. The number of carbonyl (C=O) groups is 2. The lowest BCUT2D eigenvalue weighted by atomic mass is 9.42. The standard InChI is InChI=1S/C29H36O6/c1-16-20(30)15-19-23(32)29-17(2)21(35-22(31)12-11-18-9-7-6-8-10-18)13-14-27(29,5)24(33)25(34)28(16,29)26(19,3)4/h6-12,16,19,21,23-25,32-34H,2,13-15H2,1,3-5H3/b12-11+/t16-,19+,21+,23-,24+,25+,27+,28+,29-/m1/s1. The number of Topliss-reactive ketones (excluding diaryl/α,β-unsaturated/α-hetero) is 1. The molecule has 5 rings (SSSR count). The molecule has 188 valence electrons. The highest BCUT2D eigenvalue weighted by atomic mass is 16.5. The molecule has 2 bridgehead atoms. The molecule has 35 heavy (non-hydrogen) atoms. The van der Waals surface area contributed by atoms with Crippen LogP contribution < -0.4 is 0 Å². The SMILES string of the molecule is C=C1[C@@H](OC(=O)/C=C/c2ccccc2)CC[C@@]2(C)[C@@H](O)[C@H](O)[C@]34[C@H](C)C(=O)C[C@@H]([C@@H](O)[C@@]132)C4(C)C. The molecule has 6 nitrogen and oxygen atoms in total. The van der Waals surface area contributed by atoms with Gasteiger partial charge >= 0.3 is 5.97 Å². The van der Waals surface area contributed by atoms with Gasteiger partial charge in [-0.3, -0.25) is 4.79 Å². The smallest absolute Gasteiger partial charge is 0.331 e. The molecule has 1 aromatic carbocycles. The van der Waals surface area contributed by atoms with Crippen LogP contribution in [0.3, 0.4) is 0 Å². The van der Waals surface area contributed by atoms with E-state index in [1.54, 1.807) is 6.08 Å². The Morgan fingerprint density at radius 3 is 2.40 bits per heavy atom. The van der Waals surface area contributed by atoms with E-state index in [-0.39, 0.29) is 12.2 Å². The molecule has 0 heterocycles. The van der Waals surface area contributed by atoms with Gasteiger partial charge in [0.2, 0.25) is 0 Å². The van der Waals surface area contributed by atoms with Crippen molar-refractivity contribution < 1.29 is 29.6 Å². The van der Waals surface area contributed by atoms with Crippen LogP contribution in [-0.2, 0) is 14.3 Å². The van der Waals surface area contributed by atoms with Crippen LogP contribution in [-0.4, -0.2) is 51.5 Å². The number of aliphatic hydroxyl groups excluding tert-OH is 3. The molecule has 0 aromatic heterocycles. The number of ether oxygens (including phenoxy) is 1. The second kappa shape index (κ2) is 7.61. The largest absolute Gasteiger partial charge is 0.455 e. The summed E-state index contributed by atoms with van der Waals surface area (Å²) >= 11 is 0. The maximum Gasteiger partial charge on any atom is 0.331 e. The Morgan fingerprint density at radius 2 is 1.74 bits per heavy atom. The van der Waals surface area contributed by atoms with Gasteiger partial charge in [0.25, 0.3) is 0 Å². The van der Waals surface area contributed by atoms with E-state index in [0.717, 1.165) is 5.56 Å². The zero-order chi connectivity index (χ0) is 25.6. The molecule has 0 saturated heterocycles. The fourth-order valence-corrected chi connectivity index (χ4v) is 9.25. The lowest BCUT2D eigenvalue weighted by molar-refractivity contribution is -0.173. The van der Waals surface area contributed by atoms with E-state index in [1.807, 2.05) is 58.0 Å². The van der Waals surface area contributed by atoms with Gasteiger partial charge in [-0.25, -0.2) is 4.79 Å². The molecule has 4 saturated carbocycles. The van der Waals surface area contributed by atoms with E-state index in [1.165, 1.54) is 6.08 Å². The van der Waals surface area contributed by atoms with Crippen LogP contribution in [0, 0.1) is 33.5 Å². The van der Waals surface area contributed by atoms with Gasteiger partial charge in [-0.15, -0.1) is 0 Å². The molecule has 4 aliphatic rings. The number of carbonyl (C=O) groups excluding carboxylic acids is 2. The third-order valence-electron chi connectivity index (χ3n) is 10.7. The van der Waals surface area contributed by atoms with E-state index in [2.05, 4.69) is 6.58 Å². The molecule has 4 aliphatic carbocycles. The summed E-state index contributed by atoms with van der Waals surface area (Å²) in [5, 5.41) is 35.2. The maximum absolute atomic E-state index is 13.2. The van der Waals surface area contributed by atoms with Gasteiger partial charge in [0.15, 0.2) is 0 Å². The Morgan fingerprint density at radius 1 is 1.09 bits per heavy atom. The first-order chi connectivity index (χ1) is 16.4. The average molecular weight is 481 g/mol.